The smallest absolute Gasteiger partial charge is 0.143 e. The van der Waals surface area contributed by atoms with Gasteiger partial charge in [-0.1, -0.05) is 357 Å². The van der Waals surface area contributed by atoms with Gasteiger partial charge >= 0.3 is 0 Å². The Morgan fingerprint density at radius 3 is 0.956 bits per heavy atom. The summed E-state index contributed by atoms with van der Waals surface area (Å²) in [4.78, 5) is 7.06. The van der Waals surface area contributed by atoms with E-state index in [-0.39, 0.29) is 16.2 Å². The molecule has 642 valence electrons. The largest absolute Gasteiger partial charge is 0.455 e. The lowest BCUT2D eigenvalue weighted by molar-refractivity contribution is 0.653. The maximum atomic E-state index is 6.79. The molecule has 0 N–H and O–H groups in total. The van der Waals surface area contributed by atoms with Crippen LogP contribution in [0.15, 0.2) is 468 Å². The summed E-state index contributed by atoms with van der Waals surface area (Å²) in [6.07, 6.45) is 0. The van der Waals surface area contributed by atoms with E-state index in [0.717, 1.165) is 112 Å². The molecule has 0 saturated heterocycles. The second-order valence-corrected chi connectivity index (χ2v) is 37.8. The van der Waals surface area contributed by atoms with Gasteiger partial charge in [0.1, 0.15) is 33.5 Å². The highest BCUT2D eigenvalue weighted by Gasteiger charge is 2.43. The van der Waals surface area contributed by atoms with E-state index in [4.69, 9.17) is 13.3 Å². The molecule has 0 aliphatic heterocycles. The van der Waals surface area contributed by atoms with Crippen LogP contribution >= 0.6 is 0 Å². The molecule has 3 heterocycles. The first-order chi connectivity index (χ1) is 66.2. The molecular weight excluding hydrogens is 1640 g/mol. The summed E-state index contributed by atoms with van der Waals surface area (Å²) in [5.74, 6) is 0. The first-order valence-corrected chi connectivity index (χ1v) is 46.8. The van der Waals surface area contributed by atoms with Gasteiger partial charge in [0.05, 0.1) is 5.69 Å². The van der Waals surface area contributed by atoms with E-state index in [0.29, 0.717) is 0 Å². The number of anilines is 9. The van der Waals surface area contributed by atoms with Gasteiger partial charge in [-0.05, 0) is 244 Å². The number of furan rings is 3. The monoisotopic (exact) mass is 1730 g/mol. The highest BCUT2D eigenvalue weighted by atomic mass is 16.3. The second-order valence-electron chi connectivity index (χ2n) is 37.8. The number of benzene rings is 21. The van der Waals surface area contributed by atoms with Crippen LogP contribution in [0.3, 0.4) is 0 Å². The number of nitrogens with zero attached hydrogens (tertiary/aromatic N) is 3. The molecular formula is C129H93N3O3. The molecule has 21 aromatic carbocycles. The third-order valence-corrected chi connectivity index (χ3v) is 28.9. The van der Waals surface area contributed by atoms with Crippen LogP contribution in [0.1, 0.15) is 74.9 Å². The van der Waals surface area contributed by atoms with Crippen LogP contribution in [-0.4, -0.2) is 0 Å². The topological polar surface area (TPSA) is 49.1 Å². The number of para-hydroxylation sites is 5. The maximum absolute atomic E-state index is 6.79. The molecule has 0 atom stereocenters. The molecule has 0 amide bonds. The van der Waals surface area contributed by atoms with E-state index >= 15 is 0 Å². The Bertz CT molecular complexity index is 8820. The highest BCUT2D eigenvalue weighted by Crippen LogP contribution is 2.60. The average molecular weight is 1730 g/mol. The fourth-order valence-corrected chi connectivity index (χ4v) is 22.1. The van der Waals surface area contributed by atoms with E-state index in [2.05, 4.69) is 499 Å². The summed E-state index contributed by atoms with van der Waals surface area (Å²) in [6, 6.07) is 164. The quantitative estimate of drug-likeness (QED) is 0.121. The Morgan fingerprint density at radius 2 is 0.474 bits per heavy atom. The Hall–Kier alpha value is -16.8. The molecule has 135 heavy (non-hydrogen) atoms. The van der Waals surface area contributed by atoms with Gasteiger partial charge in [-0.3, -0.25) is 0 Å². The van der Waals surface area contributed by atoms with Crippen molar-refractivity contribution in [3.8, 4) is 66.8 Å². The molecule has 0 spiro atoms. The van der Waals surface area contributed by atoms with Crippen LogP contribution in [0.5, 0.6) is 0 Å². The molecule has 0 fully saturated rings. The zero-order valence-corrected chi connectivity index (χ0v) is 75.9. The molecule has 3 aliphatic rings. The summed E-state index contributed by atoms with van der Waals surface area (Å²) in [5, 5.41) is 14.5. The number of rotatable bonds is 12. The van der Waals surface area contributed by atoms with Crippen molar-refractivity contribution in [2.24, 2.45) is 0 Å². The summed E-state index contributed by atoms with van der Waals surface area (Å²) in [7, 11) is 0. The van der Waals surface area contributed by atoms with Crippen LogP contribution in [0, 0.1) is 0 Å². The van der Waals surface area contributed by atoms with Crippen molar-refractivity contribution in [3.05, 3.63) is 488 Å². The fourth-order valence-electron chi connectivity index (χ4n) is 22.1. The zero-order chi connectivity index (χ0) is 90.4. The minimum absolute atomic E-state index is 0.0621. The normalized spacial score (nSPS) is 13.3. The molecule has 6 heteroatoms. The minimum atomic E-state index is -0.170. The van der Waals surface area contributed by atoms with E-state index in [1.54, 1.807) is 0 Å². The minimum Gasteiger partial charge on any atom is -0.455 e. The Kier molecular flexibility index (Phi) is 18.9. The van der Waals surface area contributed by atoms with Gasteiger partial charge in [0.25, 0.3) is 0 Å². The van der Waals surface area contributed by atoms with Crippen LogP contribution in [0.25, 0.3) is 165 Å². The molecule has 0 radical (unpaired) electrons. The van der Waals surface area contributed by atoms with Gasteiger partial charge in [0.2, 0.25) is 0 Å². The zero-order valence-electron chi connectivity index (χ0n) is 75.9. The van der Waals surface area contributed by atoms with Gasteiger partial charge in [0.15, 0.2) is 0 Å². The Balaban J connectivity index is 0.000000108. The molecule has 0 bridgehead atoms. The predicted molar refractivity (Wildman–Crippen MR) is 567 cm³/mol. The van der Waals surface area contributed by atoms with Crippen molar-refractivity contribution in [1.29, 1.82) is 0 Å². The van der Waals surface area contributed by atoms with Crippen LogP contribution in [-0.2, 0) is 16.2 Å². The molecule has 24 aromatic rings. The maximum Gasteiger partial charge on any atom is 0.143 e. The second kappa shape index (κ2) is 31.8. The van der Waals surface area contributed by atoms with Crippen LogP contribution < -0.4 is 14.7 Å². The van der Waals surface area contributed by atoms with Gasteiger partial charge in [-0.2, -0.15) is 0 Å². The predicted octanol–water partition coefficient (Wildman–Crippen LogP) is 36.5. The fraction of sp³-hybridized carbons (Fsp3) is 0.0698. The van der Waals surface area contributed by atoms with Crippen LogP contribution in [0.2, 0.25) is 0 Å². The highest BCUT2D eigenvalue weighted by molar-refractivity contribution is 6.16. The number of hydrogen-bond donors (Lipinski definition) is 0. The standard InChI is InChI=1S/3C43H31NO/c1-43(2)36-16-10-17-38(40(36)41-37(43)26-25-35-34-15-8-9-18-39(34)45-42(35)41)44(32-13-4-3-5-14-32)33-23-21-29(22-24-33)31-20-19-28-11-6-7-12-30(28)27-31;1-43(2)38-24-22-34(27-37(38)41-39(43)25-23-36-35-14-8-9-15-40(35)45-42(36)41)44(32-12-4-3-5-13-32)33-20-18-29(19-21-33)31-17-16-28-10-6-7-11-30(28)26-31;1-43(2)38-15-9-8-14-37(38)41-39(43)25-24-36-35-23-22-34(27-40(35)45-42(36)41)44(32-12-4-3-5-13-32)33-20-18-29(19-21-33)31-17-16-28-10-6-7-11-30(28)26-31/h3*3-27H,1-2H3. The van der Waals surface area contributed by atoms with Crippen molar-refractivity contribution in [2.45, 2.75) is 57.8 Å². The Morgan fingerprint density at radius 1 is 0.170 bits per heavy atom. The summed E-state index contributed by atoms with van der Waals surface area (Å²) in [6.45, 7) is 13.9. The van der Waals surface area contributed by atoms with Gasteiger partial charge in [0, 0.05) is 122 Å². The lowest BCUT2D eigenvalue weighted by atomic mass is 9.82. The summed E-state index contributed by atoms with van der Waals surface area (Å²) in [5.41, 5.74) is 37.9. The van der Waals surface area contributed by atoms with Gasteiger partial charge in [-0.15, -0.1) is 0 Å². The van der Waals surface area contributed by atoms with Gasteiger partial charge in [-0.25, -0.2) is 0 Å². The van der Waals surface area contributed by atoms with Crippen molar-refractivity contribution in [3.63, 3.8) is 0 Å². The molecule has 3 aliphatic carbocycles. The van der Waals surface area contributed by atoms with Crippen LogP contribution in [0.4, 0.5) is 51.2 Å². The lowest BCUT2D eigenvalue weighted by Gasteiger charge is -2.29. The lowest BCUT2D eigenvalue weighted by Crippen LogP contribution is -2.16. The van der Waals surface area contributed by atoms with E-state index in [1.165, 1.54) is 138 Å². The molecule has 27 rings (SSSR count). The number of hydrogen-bond acceptors (Lipinski definition) is 6. The van der Waals surface area contributed by atoms with E-state index in [9.17, 15) is 0 Å². The molecule has 3 aromatic heterocycles. The van der Waals surface area contributed by atoms with Gasteiger partial charge < -0.3 is 28.0 Å². The third-order valence-electron chi connectivity index (χ3n) is 28.9. The summed E-state index contributed by atoms with van der Waals surface area (Å²) >= 11 is 0. The van der Waals surface area contributed by atoms with E-state index in [1.807, 2.05) is 12.1 Å². The Labute approximate surface area is 784 Å². The molecule has 0 unspecified atom stereocenters. The van der Waals surface area contributed by atoms with Crippen molar-refractivity contribution >= 4 is 149 Å². The van der Waals surface area contributed by atoms with Crippen molar-refractivity contribution in [1.82, 2.24) is 0 Å². The number of fused-ring (bicyclic) bond motifs is 24. The third kappa shape index (κ3) is 13.4. The summed E-state index contributed by atoms with van der Waals surface area (Å²) < 4.78 is 20.0. The molecule has 6 nitrogen and oxygen atoms in total. The average Bonchev–Trinajstić information content (AvgIpc) is 1.57. The van der Waals surface area contributed by atoms with Crippen molar-refractivity contribution < 1.29 is 13.3 Å². The first kappa shape index (κ1) is 80.3. The SMILES string of the molecule is CC1(C)c2ccc(N(c3ccccc3)c3ccc(-c4ccc5ccccc5c4)cc3)cc2-c2c1ccc1c2oc2ccccc21.CC1(C)c2cccc(N(c3ccccc3)c3ccc(-c4ccc5ccccc5c4)cc3)c2-c2c1ccc1c2oc2ccccc21.CC1(C)c2ccccc2-c2c1ccc1c2oc2cc(N(c3ccccc3)c3ccc(-c4ccc5ccccc5c4)cc3)ccc21. The van der Waals surface area contributed by atoms with Crippen molar-refractivity contribution in [2.75, 3.05) is 14.7 Å². The molecule has 0 saturated carbocycles. The van der Waals surface area contributed by atoms with E-state index < -0.39 is 0 Å². The first-order valence-electron chi connectivity index (χ1n) is 46.8.